The molecule has 1 aliphatic heterocycles. The zero-order valence-electron chi connectivity index (χ0n) is 15.2. The van der Waals surface area contributed by atoms with Crippen molar-refractivity contribution in [1.29, 1.82) is 0 Å². The van der Waals surface area contributed by atoms with E-state index in [1.54, 1.807) is 18.2 Å². The molecule has 0 atom stereocenters. The van der Waals surface area contributed by atoms with Crippen molar-refractivity contribution >= 4 is 27.7 Å². The van der Waals surface area contributed by atoms with Crippen LogP contribution in [0.1, 0.15) is 28.8 Å². The predicted octanol–water partition coefficient (Wildman–Crippen LogP) is 2.96. The minimum absolute atomic E-state index is 0.00439. The second-order valence-electron chi connectivity index (χ2n) is 6.80. The lowest BCUT2D eigenvalue weighted by molar-refractivity contribution is -0.121. The molecule has 2 aromatic carbocycles. The highest BCUT2D eigenvalue weighted by Crippen LogP contribution is 2.14. The SMILES string of the molecule is O=C(CNC(=O)c1cccc(Br)c1)NC1CCN(Cc2ccccc2)CC1. The van der Waals surface area contributed by atoms with Crippen LogP contribution in [0.3, 0.4) is 0 Å². The van der Waals surface area contributed by atoms with Gasteiger partial charge in [0.05, 0.1) is 6.54 Å². The fourth-order valence-electron chi connectivity index (χ4n) is 3.25. The predicted molar refractivity (Wildman–Crippen MR) is 109 cm³/mol. The van der Waals surface area contributed by atoms with E-state index in [-0.39, 0.29) is 24.4 Å². The average molecular weight is 430 g/mol. The number of halogens is 1. The highest BCUT2D eigenvalue weighted by molar-refractivity contribution is 9.10. The Labute approximate surface area is 168 Å². The van der Waals surface area contributed by atoms with E-state index in [4.69, 9.17) is 0 Å². The number of carbonyl (C=O) groups is 2. The van der Waals surface area contributed by atoms with Gasteiger partial charge in [0.15, 0.2) is 0 Å². The van der Waals surface area contributed by atoms with Crippen LogP contribution in [0.25, 0.3) is 0 Å². The first-order chi connectivity index (χ1) is 13.1. The molecule has 6 heteroatoms. The summed E-state index contributed by atoms with van der Waals surface area (Å²) in [5.41, 5.74) is 1.85. The normalized spacial score (nSPS) is 15.3. The largest absolute Gasteiger partial charge is 0.352 e. The Bertz CT molecular complexity index is 774. The van der Waals surface area contributed by atoms with Gasteiger partial charge in [0.25, 0.3) is 5.91 Å². The number of benzene rings is 2. The summed E-state index contributed by atoms with van der Waals surface area (Å²) in [7, 11) is 0. The molecule has 1 aliphatic rings. The second kappa shape index (κ2) is 9.67. The zero-order chi connectivity index (χ0) is 19.1. The van der Waals surface area contributed by atoms with Gasteiger partial charge in [0, 0.05) is 35.7 Å². The molecule has 0 unspecified atom stereocenters. The van der Waals surface area contributed by atoms with E-state index in [9.17, 15) is 9.59 Å². The maximum absolute atomic E-state index is 12.1. The van der Waals surface area contributed by atoms with Gasteiger partial charge in [-0.1, -0.05) is 52.3 Å². The quantitative estimate of drug-likeness (QED) is 0.741. The molecule has 0 radical (unpaired) electrons. The molecule has 0 bridgehead atoms. The summed E-state index contributed by atoms with van der Waals surface area (Å²) in [6, 6.07) is 17.7. The van der Waals surface area contributed by atoms with E-state index in [0.717, 1.165) is 36.9 Å². The molecule has 1 heterocycles. The molecular weight excluding hydrogens is 406 g/mol. The van der Waals surface area contributed by atoms with Gasteiger partial charge in [-0.2, -0.15) is 0 Å². The first-order valence-electron chi connectivity index (χ1n) is 9.19. The number of amides is 2. The third-order valence-electron chi connectivity index (χ3n) is 4.70. The van der Waals surface area contributed by atoms with Crippen LogP contribution in [0.4, 0.5) is 0 Å². The lowest BCUT2D eigenvalue weighted by atomic mass is 10.0. The molecule has 1 fully saturated rings. The molecule has 27 heavy (non-hydrogen) atoms. The Hall–Kier alpha value is -2.18. The number of hydrogen-bond donors (Lipinski definition) is 2. The van der Waals surface area contributed by atoms with Crippen LogP contribution in [0.15, 0.2) is 59.1 Å². The summed E-state index contributed by atoms with van der Waals surface area (Å²) in [5.74, 6) is -0.385. The van der Waals surface area contributed by atoms with Crippen molar-refractivity contribution in [1.82, 2.24) is 15.5 Å². The third-order valence-corrected chi connectivity index (χ3v) is 5.19. The van der Waals surface area contributed by atoms with E-state index < -0.39 is 0 Å². The standard InChI is InChI=1S/C21H24BrN3O2/c22-18-8-4-7-17(13-18)21(27)23-14-20(26)24-19-9-11-25(12-10-19)15-16-5-2-1-3-6-16/h1-8,13,19H,9-12,14-15H2,(H,23,27)(H,24,26). The monoisotopic (exact) mass is 429 g/mol. The topological polar surface area (TPSA) is 61.4 Å². The van der Waals surface area contributed by atoms with Crippen molar-refractivity contribution in [3.63, 3.8) is 0 Å². The highest BCUT2D eigenvalue weighted by Gasteiger charge is 2.20. The van der Waals surface area contributed by atoms with E-state index in [0.29, 0.717) is 5.56 Å². The Morgan fingerprint density at radius 1 is 1.04 bits per heavy atom. The van der Waals surface area contributed by atoms with Gasteiger partial charge in [0.1, 0.15) is 0 Å². The van der Waals surface area contributed by atoms with E-state index in [1.807, 2.05) is 12.1 Å². The van der Waals surface area contributed by atoms with Crippen LogP contribution < -0.4 is 10.6 Å². The van der Waals surface area contributed by atoms with Gasteiger partial charge < -0.3 is 10.6 Å². The fraction of sp³-hybridized carbons (Fsp3) is 0.333. The Morgan fingerprint density at radius 2 is 1.78 bits per heavy atom. The van der Waals surface area contributed by atoms with Gasteiger partial charge in [-0.3, -0.25) is 14.5 Å². The van der Waals surface area contributed by atoms with Crippen LogP contribution in [-0.4, -0.2) is 42.4 Å². The van der Waals surface area contributed by atoms with Gasteiger partial charge in [-0.15, -0.1) is 0 Å². The molecule has 2 N–H and O–H groups in total. The molecule has 2 aromatic rings. The number of likely N-dealkylation sites (tertiary alicyclic amines) is 1. The molecule has 0 spiro atoms. The lowest BCUT2D eigenvalue weighted by Gasteiger charge is -2.32. The first-order valence-corrected chi connectivity index (χ1v) is 9.99. The zero-order valence-corrected chi connectivity index (χ0v) is 16.7. The van der Waals surface area contributed by atoms with Crippen molar-refractivity contribution in [3.05, 3.63) is 70.2 Å². The molecular formula is C21H24BrN3O2. The summed E-state index contributed by atoms with van der Waals surface area (Å²) < 4.78 is 0.835. The van der Waals surface area contributed by atoms with Crippen LogP contribution in [-0.2, 0) is 11.3 Å². The molecule has 0 aromatic heterocycles. The smallest absolute Gasteiger partial charge is 0.251 e. The number of nitrogens with one attached hydrogen (secondary N) is 2. The average Bonchev–Trinajstić information content (AvgIpc) is 2.68. The summed E-state index contributed by atoms with van der Waals surface area (Å²) in [5, 5.41) is 5.71. The summed E-state index contributed by atoms with van der Waals surface area (Å²) in [6.07, 6.45) is 1.86. The molecule has 142 valence electrons. The Balaban J connectivity index is 1.37. The van der Waals surface area contributed by atoms with Gasteiger partial charge in [-0.05, 0) is 36.6 Å². The molecule has 0 saturated carbocycles. The van der Waals surface area contributed by atoms with E-state index >= 15 is 0 Å². The Morgan fingerprint density at radius 3 is 2.48 bits per heavy atom. The highest BCUT2D eigenvalue weighted by atomic mass is 79.9. The van der Waals surface area contributed by atoms with Gasteiger partial charge in [0.2, 0.25) is 5.91 Å². The van der Waals surface area contributed by atoms with E-state index in [1.165, 1.54) is 5.56 Å². The fourth-order valence-corrected chi connectivity index (χ4v) is 3.65. The van der Waals surface area contributed by atoms with Gasteiger partial charge in [-0.25, -0.2) is 0 Å². The van der Waals surface area contributed by atoms with Crippen LogP contribution >= 0.6 is 15.9 Å². The summed E-state index contributed by atoms with van der Waals surface area (Å²) in [6.45, 7) is 2.87. The van der Waals surface area contributed by atoms with Crippen molar-refractivity contribution < 1.29 is 9.59 Å². The van der Waals surface area contributed by atoms with Crippen LogP contribution in [0.2, 0.25) is 0 Å². The van der Waals surface area contributed by atoms with Crippen LogP contribution in [0.5, 0.6) is 0 Å². The maximum atomic E-state index is 12.1. The maximum Gasteiger partial charge on any atom is 0.251 e. The van der Waals surface area contributed by atoms with Gasteiger partial charge >= 0.3 is 0 Å². The van der Waals surface area contributed by atoms with Crippen LogP contribution in [0, 0.1) is 0 Å². The van der Waals surface area contributed by atoms with E-state index in [2.05, 4.69) is 55.7 Å². The van der Waals surface area contributed by atoms with Crippen molar-refractivity contribution in [3.8, 4) is 0 Å². The number of carbonyl (C=O) groups excluding carboxylic acids is 2. The van der Waals surface area contributed by atoms with Crippen molar-refractivity contribution in [2.45, 2.75) is 25.4 Å². The molecule has 5 nitrogen and oxygen atoms in total. The molecule has 3 rings (SSSR count). The minimum Gasteiger partial charge on any atom is -0.352 e. The lowest BCUT2D eigenvalue weighted by Crippen LogP contribution is -2.47. The Kier molecular flexibility index (Phi) is 7.01. The molecule has 1 saturated heterocycles. The molecule has 0 aliphatic carbocycles. The third kappa shape index (κ3) is 6.19. The molecule has 2 amide bonds. The van der Waals surface area contributed by atoms with Crippen molar-refractivity contribution in [2.24, 2.45) is 0 Å². The second-order valence-corrected chi connectivity index (χ2v) is 7.71. The minimum atomic E-state index is -0.246. The summed E-state index contributed by atoms with van der Waals surface area (Å²) in [4.78, 5) is 26.6. The first kappa shape index (κ1) is 19.6. The number of hydrogen-bond acceptors (Lipinski definition) is 3. The summed E-state index contributed by atoms with van der Waals surface area (Å²) >= 11 is 3.34. The van der Waals surface area contributed by atoms with Crippen molar-refractivity contribution in [2.75, 3.05) is 19.6 Å². The number of rotatable bonds is 6. The number of piperidine rings is 1. The number of nitrogens with zero attached hydrogens (tertiary/aromatic N) is 1.